The summed E-state index contributed by atoms with van der Waals surface area (Å²) in [6.07, 6.45) is -2.68. The molecule has 0 radical (unpaired) electrons. The van der Waals surface area contributed by atoms with Crippen LogP contribution in [0.5, 0.6) is 5.75 Å². The summed E-state index contributed by atoms with van der Waals surface area (Å²) in [6, 6.07) is 11.5. The van der Waals surface area contributed by atoms with Crippen LogP contribution in [0.2, 0.25) is 0 Å². The number of hydrogen-bond donors (Lipinski definition) is 1. The van der Waals surface area contributed by atoms with Crippen molar-refractivity contribution in [1.82, 2.24) is 15.0 Å². The van der Waals surface area contributed by atoms with Crippen molar-refractivity contribution in [1.29, 1.82) is 0 Å². The van der Waals surface area contributed by atoms with Gasteiger partial charge in [0.15, 0.2) is 0 Å². The van der Waals surface area contributed by atoms with Crippen molar-refractivity contribution in [2.75, 3.05) is 0 Å². The Bertz CT molecular complexity index is 843. The van der Waals surface area contributed by atoms with Gasteiger partial charge in [-0.2, -0.15) is 0 Å². The number of halogens is 3. The largest absolute Gasteiger partial charge is 0.573 e. The number of benzene rings is 1. The molecule has 7 heteroatoms. The molecule has 2 heterocycles. The van der Waals surface area contributed by atoms with Gasteiger partial charge in [0.1, 0.15) is 11.6 Å². The zero-order valence-electron chi connectivity index (χ0n) is 12.8. The number of rotatable bonds is 4. The predicted molar refractivity (Wildman–Crippen MR) is 82.5 cm³/mol. The monoisotopic (exact) mass is 333 g/mol. The van der Waals surface area contributed by atoms with Crippen molar-refractivity contribution in [2.24, 2.45) is 0 Å². The highest BCUT2D eigenvalue weighted by molar-refractivity contribution is 5.53. The van der Waals surface area contributed by atoms with E-state index in [0.717, 1.165) is 17.1 Å². The third-order valence-electron chi connectivity index (χ3n) is 3.30. The summed E-state index contributed by atoms with van der Waals surface area (Å²) in [5.74, 6) is 0.393. The molecule has 24 heavy (non-hydrogen) atoms. The minimum absolute atomic E-state index is 0.243. The maximum absolute atomic E-state index is 12.3. The Labute approximate surface area is 136 Å². The van der Waals surface area contributed by atoms with Crippen molar-refractivity contribution in [3.05, 3.63) is 65.7 Å². The van der Waals surface area contributed by atoms with Gasteiger partial charge in [0.05, 0.1) is 17.6 Å². The molecule has 0 spiro atoms. The summed E-state index contributed by atoms with van der Waals surface area (Å²) >= 11 is 0. The Hall–Kier alpha value is -2.83. The first-order chi connectivity index (χ1) is 11.4. The number of nitrogens with zero attached hydrogens (tertiary/aromatic N) is 2. The van der Waals surface area contributed by atoms with E-state index in [9.17, 15) is 13.2 Å². The van der Waals surface area contributed by atoms with Crippen molar-refractivity contribution in [3.63, 3.8) is 0 Å². The number of aromatic nitrogens is 3. The second-order valence-electron chi connectivity index (χ2n) is 5.28. The van der Waals surface area contributed by atoms with Crippen LogP contribution in [-0.2, 0) is 6.42 Å². The molecule has 0 saturated carbocycles. The zero-order valence-corrected chi connectivity index (χ0v) is 12.8. The first-order valence-corrected chi connectivity index (χ1v) is 7.22. The second kappa shape index (κ2) is 6.35. The van der Waals surface area contributed by atoms with E-state index < -0.39 is 6.36 Å². The Morgan fingerprint density at radius 3 is 2.67 bits per heavy atom. The van der Waals surface area contributed by atoms with Crippen LogP contribution in [0.4, 0.5) is 13.2 Å². The summed E-state index contributed by atoms with van der Waals surface area (Å²) in [5, 5.41) is 0. The fraction of sp³-hybridized carbons (Fsp3) is 0.176. The van der Waals surface area contributed by atoms with Crippen molar-refractivity contribution >= 4 is 0 Å². The fourth-order valence-electron chi connectivity index (χ4n) is 2.32. The number of ether oxygens (including phenoxy) is 1. The highest BCUT2D eigenvalue weighted by Crippen LogP contribution is 2.24. The van der Waals surface area contributed by atoms with Crippen LogP contribution >= 0.6 is 0 Å². The molecular formula is C17H14F3N3O. The molecular weight excluding hydrogens is 319 g/mol. The van der Waals surface area contributed by atoms with Crippen LogP contribution in [0.15, 0.2) is 48.7 Å². The molecule has 1 aromatic carbocycles. The minimum Gasteiger partial charge on any atom is -0.406 e. The number of pyridine rings is 1. The van der Waals surface area contributed by atoms with Gasteiger partial charge in [-0.15, -0.1) is 13.2 Å². The van der Waals surface area contributed by atoms with Gasteiger partial charge in [-0.1, -0.05) is 18.2 Å². The number of nitrogens with one attached hydrogen (secondary N) is 1. The molecule has 124 valence electrons. The molecule has 0 amide bonds. The smallest absolute Gasteiger partial charge is 0.406 e. The second-order valence-corrected chi connectivity index (χ2v) is 5.28. The number of imidazole rings is 1. The van der Waals surface area contributed by atoms with Crippen LogP contribution in [0.1, 0.15) is 17.1 Å². The zero-order chi connectivity index (χ0) is 17.2. The molecule has 0 aliphatic rings. The number of H-pyrrole nitrogens is 1. The van der Waals surface area contributed by atoms with Crippen molar-refractivity contribution in [2.45, 2.75) is 19.7 Å². The maximum Gasteiger partial charge on any atom is 0.573 e. The molecule has 0 saturated heterocycles. The van der Waals surface area contributed by atoms with Crippen LogP contribution < -0.4 is 4.74 Å². The van der Waals surface area contributed by atoms with E-state index >= 15 is 0 Å². The van der Waals surface area contributed by atoms with Gasteiger partial charge in [0.25, 0.3) is 0 Å². The van der Waals surface area contributed by atoms with Gasteiger partial charge in [0.2, 0.25) is 0 Å². The summed E-state index contributed by atoms with van der Waals surface area (Å²) < 4.78 is 40.8. The van der Waals surface area contributed by atoms with E-state index in [-0.39, 0.29) is 5.75 Å². The van der Waals surface area contributed by atoms with E-state index in [1.807, 2.05) is 25.1 Å². The van der Waals surface area contributed by atoms with Gasteiger partial charge in [-0.05, 0) is 36.8 Å². The average molecular weight is 333 g/mol. The number of aryl methyl sites for hydroxylation is 1. The highest BCUT2D eigenvalue weighted by atomic mass is 19.4. The first kappa shape index (κ1) is 16.0. The van der Waals surface area contributed by atoms with E-state index in [4.69, 9.17) is 0 Å². The molecule has 0 unspecified atom stereocenters. The highest BCUT2D eigenvalue weighted by Gasteiger charge is 2.31. The summed E-state index contributed by atoms with van der Waals surface area (Å²) in [4.78, 5) is 11.8. The van der Waals surface area contributed by atoms with E-state index in [0.29, 0.717) is 17.8 Å². The molecule has 2 aromatic heterocycles. The molecule has 0 atom stereocenters. The van der Waals surface area contributed by atoms with E-state index in [1.54, 1.807) is 12.3 Å². The quantitative estimate of drug-likeness (QED) is 0.776. The van der Waals surface area contributed by atoms with E-state index in [1.165, 1.54) is 18.2 Å². The standard InChI is InChI=1S/C17H14F3N3O/c1-11-4-2-7-14(22-11)15-10-21-16(23-15)9-12-5-3-6-13(8-12)24-17(18,19)20/h2-8,10H,9H2,1H3,(H,21,23). The lowest BCUT2D eigenvalue weighted by molar-refractivity contribution is -0.274. The van der Waals surface area contributed by atoms with Crippen molar-refractivity contribution < 1.29 is 17.9 Å². The lowest BCUT2D eigenvalue weighted by Crippen LogP contribution is -2.17. The lowest BCUT2D eigenvalue weighted by atomic mass is 10.1. The predicted octanol–water partition coefficient (Wildman–Crippen LogP) is 4.27. The molecule has 3 rings (SSSR count). The number of aromatic amines is 1. The average Bonchev–Trinajstić information content (AvgIpc) is 2.94. The van der Waals surface area contributed by atoms with Gasteiger partial charge in [-0.3, -0.25) is 4.98 Å². The van der Waals surface area contributed by atoms with Crippen LogP contribution in [0.3, 0.4) is 0 Å². The topological polar surface area (TPSA) is 50.8 Å². The van der Waals surface area contributed by atoms with Gasteiger partial charge in [-0.25, -0.2) is 4.98 Å². The summed E-state index contributed by atoms with van der Waals surface area (Å²) in [5.41, 5.74) is 3.08. The third kappa shape index (κ3) is 4.13. The minimum atomic E-state index is -4.70. The van der Waals surface area contributed by atoms with E-state index in [2.05, 4.69) is 19.7 Å². The number of alkyl halides is 3. The van der Waals surface area contributed by atoms with Crippen LogP contribution in [0.25, 0.3) is 11.4 Å². The normalized spacial score (nSPS) is 11.5. The van der Waals surface area contributed by atoms with Crippen LogP contribution in [-0.4, -0.2) is 21.3 Å². The molecule has 4 nitrogen and oxygen atoms in total. The summed E-state index contributed by atoms with van der Waals surface area (Å²) in [7, 11) is 0. The molecule has 3 aromatic rings. The molecule has 0 fully saturated rings. The van der Waals surface area contributed by atoms with Crippen molar-refractivity contribution in [3.8, 4) is 17.1 Å². The third-order valence-corrected chi connectivity index (χ3v) is 3.30. The van der Waals surface area contributed by atoms with Crippen LogP contribution in [0, 0.1) is 6.92 Å². The number of hydrogen-bond acceptors (Lipinski definition) is 3. The maximum atomic E-state index is 12.3. The SMILES string of the molecule is Cc1cccc(-c2cnc(Cc3cccc(OC(F)(F)F)c3)[nH]2)n1. The summed E-state index contributed by atoms with van der Waals surface area (Å²) in [6.45, 7) is 1.90. The Morgan fingerprint density at radius 1 is 1.12 bits per heavy atom. The Balaban J connectivity index is 1.76. The molecule has 0 aliphatic heterocycles. The Kier molecular flexibility index (Phi) is 4.24. The molecule has 0 bridgehead atoms. The van der Waals surface area contributed by atoms with Gasteiger partial charge >= 0.3 is 6.36 Å². The van der Waals surface area contributed by atoms with Gasteiger partial charge < -0.3 is 9.72 Å². The lowest BCUT2D eigenvalue weighted by Gasteiger charge is -2.09. The Morgan fingerprint density at radius 2 is 1.92 bits per heavy atom. The fourth-order valence-corrected chi connectivity index (χ4v) is 2.32. The van der Waals surface area contributed by atoms with Gasteiger partial charge in [0, 0.05) is 12.1 Å². The molecule has 0 aliphatic carbocycles. The first-order valence-electron chi connectivity index (χ1n) is 7.22. The molecule has 1 N–H and O–H groups in total.